The Hall–Kier alpha value is -2.73. The number of unbranched alkanes of at least 4 members (excludes halogenated alkanes) is 2. The van der Waals surface area contributed by atoms with E-state index in [1.807, 2.05) is 6.92 Å². The van der Waals surface area contributed by atoms with Crippen LogP contribution in [0, 0.1) is 6.92 Å². The summed E-state index contributed by atoms with van der Waals surface area (Å²) >= 11 is 5.88. The van der Waals surface area contributed by atoms with Crippen LogP contribution in [-0.4, -0.2) is 25.0 Å². The lowest BCUT2D eigenvalue weighted by atomic mass is 10.2. The van der Waals surface area contributed by atoms with Crippen LogP contribution in [0.25, 0.3) is 0 Å². The summed E-state index contributed by atoms with van der Waals surface area (Å²) in [5, 5.41) is 0.596. The smallest absolute Gasteiger partial charge is 0.276 e. The monoisotopic (exact) mass is 404 g/mol. The second-order valence-corrected chi connectivity index (χ2v) is 6.72. The molecular formula is C21H25ClN2O4. The molecule has 6 nitrogen and oxygen atoms in total. The van der Waals surface area contributed by atoms with Crippen molar-refractivity contribution < 1.29 is 19.1 Å². The molecule has 0 aliphatic rings. The number of hydrazine groups is 1. The molecule has 28 heavy (non-hydrogen) atoms. The number of hydrogen-bond donors (Lipinski definition) is 2. The van der Waals surface area contributed by atoms with Gasteiger partial charge in [0.15, 0.2) is 6.61 Å². The Morgan fingerprint density at radius 2 is 1.75 bits per heavy atom. The van der Waals surface area contributed by atoms with E-state index in [-0.39, 0.29) is 6.61 Å². The molecule has 0 unspecified atom stereocenters. The molecule has 0 heterocycles. The molecule has 2 aromatic carbocycles. The Morgan fingerprint density at radius 1 is 1.00 bits per heavy atom. The highest BCUT2D eigenvalue weighted by Crippen LogP contribution is 2.21. The van der Waals surface area contributed by atoms with Crippen molar-refractivity contribution in [2.45, 2.75) is 33.1 Å². The molecule has 2 amide bonds. The van der Waals surface area contributed by atoms with Crippen LogP contribution in [0.2, 0.25) is 5.02 Å². The van der Waals surface area contributed by atoms with Crippen LogP contribution in [0.5, 0.6) is 11.5 Å². The van der Waals surface area contributed by atoms with E-state index in [9.17, 15) is 9.59 Å². The molecule has 2 aromatic rings. The third kappa shape index (κ3) is 7.12. The fraction of sp³-hybridized carbons (Fsp3) is 0.333. The number of benzene rings is 2. The predicted molar refractivity (Wildman–Crippen MR) is 109 cm³/mol. The summed E-state index contributed by atoms with van der Waals surface area (Å²) in [5.74, 6) is 0.371. The lowest BCUT2D eigenvalue weighted by Gasteiger charge is -2.11. The first-order valence-electron chi connectivity index (χ1n) is 9.20. The normalized spacial score (nSPS) is 10.2. The lowest BCUT2D eigenvalue weighted by molar-refractivity contribution is -0.123. The van der Waals surface area contributed by atoms with Gasteiger partial charge in [-0.15, -0.1) is 0 Å². The van der Waals surface area contributed by atoms with E-state index in [4.69, 9.17) is 21.1 Å². The Morgan fingerprint density at radius 3 is 2.43 bits per heavy atom. The average Bonchev–Trinajstić information content (AvgIpc) is 2.69. The largest absolute Gasteiger partial charge is 0.494 e. The van der Waals surface area contributed by atoms with E-state index < -0.39 is 11.8 Å². The standard InChI is InChI=1S/C21H25ClN2O4/c1-3-4-5-12-27-18-9-6-16(7-10-18)21(26)24-23-20(25)14-28-19-11-8-17(22)13-15(19)2/h6-11,13H,3-5,12,14H2,1-2H3,(H,23,25)(H,24,26). The van der Waals surface area contributed by atoms with Crippen molar-refractivity contribution in [2.75, 3.05) is 13.2 Å². The number of rotatable bonds is 9. The number of carbonyl (C=O) groups is 2. The minimum Gasteiger partial charge on any atom is -0.494 e. The molecule has 0 saturated heterocycles. The fourth-order valence-electron chi connectivity index (χ4n) is 2.40. The van der Waals surface area contributed by atoms with Crippen LogP contribution >= 0.6 is 11.6 Å². The van der Waals surface area contributed by atoms with E-state index >= 15 is 0 Å². The molecule has 150 valence electrons. The summed E-state index contributed by atoms with van der Waals surface area (Å²) in [5.41, 5.74) is 5.92. The zero-order chi connectivity index (χ0) is 20.4. The van der Waals surface area contributed by atoms with Gasteiger partial charge in [-0.2, -0.15) is 0 Å². The summed E-state index contributed by atoms with van der Waals surface area (Å²) in [7, 11) is 0. The van der Waals surface area contributed by atoms with Crippen molar-refractivity contribution in [2.24, 2.45) is 0 Å². The van der Waals surface area contributed by atoms with Crippen LogP contribution in [0.4, 0.5) is 0 Å². The fourth-order valence-corrected chi connectivity index (χ4v) is 2.62. The summed E-state index contributed by atoms with van der Waals surface area (Å²) in [6.07, 6.45) is 3.27. The molecule has 0 aliphatic heterocycles. The first kappa shape index (κ1) is 21.6. The Bertz CT molecular complexity index is 793. The number of halogens is 1. The number of ether oxygens (including phenoxy) is 2. The minimum absolute atomic E-state index is 0.229. The highest BCUT2D eigenvalue weighted by atomic mass is 35.5. The van der Waals surface area contributed by atoms with E-state index in [2.05, 4.69) is 17.8 Å². The van der Waals surface area contributed by atoms with E-state index in [0.29, 0.717) is 28.7 Å². The zero-order valence-electron chi connectivity index (χ0n) is 16.1. The third-order valence-electron chi connectivity index (χ3n) is 3.94. The maximum absolute atomic E-state index is 12.1. The van der Waals surface area contributed by atoms with Gasteiger partial charge in [0.2, 0.25) is 0 Å². The van der Waals surface area contributed by atoms with Gasteiger partial charge in [-0.3, -0.25) is 20.4 Å². The first-order valence-corrected chi connectivity index (χ1v) is 9.58. The highest BCUT2D eigenvalue weighted by Gasteiger charge is 2.09. The topological polar surface area (TPSA) is 76.7 Å². The number of hydrogen-bond acceptors (Lipinski definition) is 4. The first-order chi connectivity index (χ1) is 13.5. The molecule has 0 bridgehead atoms. The molecule has 0 saturated carbocycles. The van der Waals surface area contributed by atoms with Crippen molar-refractivity contribution in [3.8, 4) is 11.5 Å². The summed E-state index contributed by atoms with van der Waals surface area (Å²) in [4.78, 5) is 24.0. The molecule has 0 atom stereocenters. The van der Waals surface area contributed by atoms with Crippen molar-refractivity contribution in [3.63, 3.8) is 0 Å². The van der Waals surface area contributed by atoms with Gasteiger partial charge in [0.25, 0.3) is 11.8 Å². The van der Waals surface area contributed by atoms with Crippen LogP contribution in [0.1, 0.15) is 42.1 Å². The molecule has 0 aliphatic carbocycles. The Labute approximate surface area is 170 Å². The second kappa shape index (κ2) is 11.2. The summed E-state index contributed by atoms with van der Waals surface area (Å²) in [6, 6.07) is 11.9. The zero-order valence-corrected chi connectivity index (χ0v) is 16.8. The number of carbonyl (C=O) groups excluding carboxylic acids is 2. The van der Waals surface area contributed by atoms with Crippen molar-refractivity contribution in [1.29, 1.82) is 0 Å². The molecule has 7 heteroatoms. The minimum atomic E-state index is -0.474. The predicted octanol–water partition coefficient (Wildman–Crippen LogP) is 4.06. The average molecular weight is 405 g/mol. The molecular weight excluding hydrogens is 380 g/mol. The van der Waals surface area contributed by atoms with Gasteiger partial charge < -0.3 is 9.47 Å². The maximum atomic E-state index is 12.1. The van der Waals surface area contributed by atoms with Crippen molar-refractivity contribution >= 4 is 23.4 Å². The molecule has 0 spiro atoms. The molecule has 2 rings (SSSR count). The summed E-state index contributed by atoms with van der Waals surface area (Å²) in [6.45, 7) is 4.39. The van der Waals surface area contributed by atoms with Gasteiger partial charge in [0, 0.05) is 10.6 Å². The van der Waals surface area contributed by atoms with Gasteiger partial charge in [0.1, 0.15) is 11.5 Å². The maximum Gasteiger partial charge on any atom is 0.276 e. The van der Waals surface area contributed by atoms with E-state index in [1.165, 1.54) is 0 Å². The summed E-state index contributed by atoms with van der Waals surface area (Å²) < 4.78 is 11.0. The number of nitrogens with one attached hydrogen (secondary N) is 2. The lowest BCUT2D eigenvalue weighted by Crippen LogP contribution is -2.43. The van der Waals surface area contributed by atoms with Gasteiger partial charge >= 0.3 is 0 Å². The van der Waals surface area contributed by atoms with Crippen molar-refractivity contribution in [1.82, 2.24) is 10.9 Å². The van der Waals surface area contributed by atoms with Crippen LogP contribution in [0.15, 0.2) is 42.5 Å². The SMILES string of the molecule is CCCCCOc1ccc(C(=O)NNC(=O)COc2ccc(Cl)cc2C)cc1. The molecule has 0 aromatic heterocycles. The van der Waals surface area contributed by atoms with Crippen LogP contribution in [0.3, 0.4) is 0 Å². The molecule has 0 radical (unpaired) electrons. The van der Waals surface area contributed by atoms with Crippen LogP contribution < -0.4 is 20.3 Å². The van der Waals surface area contributed by atoms with Crippen molar-refractivity contribution in [3.05, 3.63) is 58.6 Å². The van der Waals surface area contributed by atoms with E-state index in [0.717, 1.165) is 24.8 Å². The van der Waals surface area contributed by atoms with Gasteiger partial charge in [-0.05, 0) is 61.4 Å². The number of aryl methyl sites for hydroxylation is 1. The van der Waals surface area contributed by atoms with Crippen LogP contribution in [-0.2, 0) is 4.79 Å². The Kier molecular flexibility index (Phi) is 8.62. The van der Waals surface area contributed by atoms with Gasteiger partial charge in [-0.25, -0.2) is 0 Å². The molecule has 2 N–H and O–H groups in total. The highest BCUT2D eigenvalue weighted by molar-refractivity contribution is 6.30. The van der Waals surface area contributed by atoms with Gasteiger partial charge in [0.05, 0.1) is 6.61 Å². The Balaban J connectivity index is 1.74. The number of amides is 2. The quantitative estimate of drug-likeness (QED) is 0.488. The molecule has 0 fully saturated rings. The second-order valence-electron chi connectivity index (χ2n) is 6.28. The van der Waals surface area contributed by atoms with E-state index in [1.54, 1.807) is 42.5 Å². The third-order valence-corrected chi connectivity index (χ3v) is 4.18. The van der Waals surface area contributed by atoms with Gasteiger partial charge in [-0.1, -0.05) is 31.4 Å².